The minimum Gasteiger partial charge on any atom is -0.327 e. The van der Waals surface area contributed by atoms with E-state index in [9.17, 15) is 4.79 Å². The molecule has 0 bridgehead atoms. The van der Waals surface area contributed by atoms with Gasteiger partial charge in [0.15, 0.2) is 0 Å². The molecule has 1 aromatic heterocycles. The molecule has 5 nitrogen and oxygen atoms in total. The van der Waals surface area contributed by atoms with Crippen LogP contribution in [0, 0.1) is 5.92 Å². The fourth-order valence-electron chi connectivity index (χ4n) is 3.48. The van der Waals surface area contributed by atoms with E-state index in [-0.39, 0.29) is 36.8 Å². The molecule has 1 saturated carbocycles. The van der Waals surface area contributed by atoms with Crippen molar-refractivity contribution < 1.29 is 4.79 Å². The lowest BCUT2D eigenvalue weighted by atomic mass is 10.00. The lowest BCUT2D eigenvalue weighted by Gasteiger charge is -2.17. The van der Waals surface area contributed by atoms with Crippen LogP contribution in [0.5, 0.6) is 0 Å². The van der Waals surface area contributed by atoms with Crippen LogP contribution in [0.25, 0.3) is 0 Å². The summed E-state index contributed by atoms with van der Waals surface area (Å²) in [7, 11) is 2.08. The lowest BCUT2D eigenvalue weighted by Crippen LogP contribution is -2.28. The van der Waals surface area contributed by atoms with Crippen LogP contribution in [-0.4, -0.2) is 28.9 Å². The molecule has 0 aliphatic heterocycles. The highest BCUT2D eigenvalue weighted by Crippen LogP contribution is 2.27. The summed E-state index contributed by atoms with van der Waals surface area (Å²) in [5, 5.41) is 5.10. The van der Waals surface area contributed by atoms with Crippen LogP contribution in [0.4, 0.5) is 5.69 Å². The van der Waals surface area contributed by atoms with Gasteiger partial charge in [0.05, 0.1) is 11.2 Å². The Hall–Kier alpha value is -1.18. The molecular formula is C19H28Cl2N4OS. The van der Waals surface area contributed by atoms with Crippen molar-refractivity contribution in [3.8, 4) is 0 Å². The van der Waals surface area contributed by atoms with Gasteiger partial charge in [-0.05, 0) is 43.5 Å². The SMILES string of the molecule is CN(Cc1cccc(NC(=O)C[C@@H]2CCC[C@H]2N)c1)Cc1cscn1.Cl.Cl. The van der Waals surface area contributed by atoms with Crippen molar-refractivity contribution in [2.45, 2.75) is 44.8 Å². The standard InChI is InChI=1S/C19H26N4OS.2ClH/c1-23(11-17-12-25-13-21-17)10-14-4-2-6-16(8-14)22-19(24)9-15-5-3-7-18(15)20;;/h2,4,6,8,12-13,15,18H,3,5,7,9-11,20H2,1H3,(H,22,24);2*1H/t15-,18+;;/m0../s1. The van der Waals surface area contributed by atoms with Crippen LogP contribution < -0.4 is 11.1 Å². The summed E-state index contributed by atoms with van der Waals surface area (Å²) < 4.78 is 0. The van der Waals surface area contributed by atoms with E-state index in [1.165, 1.54) is 5.56 Å². The average Bonchev–Trinajstić information content (AvgIpc) is 3.20. The fourth-order valence-corrected chi connectivity index (χ4v) is 4.03. The van der Waals surface area contributed by atoms with Gasteiger partial charge in [0.2, 0.25) is 5.91 Å². The van der Waals surface area contributed by atoms with Gasteiger partial charge in [0.25, 0.3) is 0 Å². The molecule has 8 heteroatoms. The molecule has 2 aromatic rings. The molecule has 3 N–H and O–H groups in total. The highest BCUT2D eigenvalue weighted by Gasteiger charge is 2.26. The van der Waals surface area contributed by atoms with E-state index in [0.29, 0.717) is 12.3 Å². The monoisotopic (exact) mass is 430 g/mol. The van der Waals surface area contributed by atoms with Crippen LogP contribution in [0.2, 0.25) is 0 Å². The number of anilines is 1. The molecule has 1 aliphatic rings. The first kappa shape index (κ1) is 23.9. The zero-order chi connectivity index (χ0) is 17.6. The first-order valence-electron chi connectivity index (χ1n) is 8.80. The Bertz CT molecular complexity index is 699. The Kier molecular flexibility index (Phi) is 10.3. The predicted molar refractivity (Wildman–Crippen MR) is 117 cm³/mol. The molecule has 2 atom stereocenters. The van der Waals surface area contributed by atoms with E-state index in [0.717, 1.165) is 43.7 Å². The highest BCUT2D eigenvalue weighted by molar-refractivity contribution is 7.07. The number of carbonyl (C=O) groups excluding carboxylic acids is 1. The molecule has 1 aromatic carbocycles. The second-order valence-electron chi connectivity index (χ2n) is 6.96. The van der Waals surface area contributed by atoms with Crippen molar-refractivity contribution in [1.82, 2.24) is 9.88 Å². The third kappa shape index (κ3) is 7.39. The van der Waals surface area contributed by atoms with E-state index in [4.69, 9.17) is 5.73 Å². The van der Waals surface area contributed by atoms with Crippen molar-refractivity contribution in [2.75, 3.05) is 12.4 Å². The number of nitrogens with two attached hydrogens (primary N) is 1. The fraction of sp³-hybridized carbons (Fsp3) is 0.474. The number of carbonyl (C=O) groups is 1. The van der Waals surface area contributed by atoms with Gasteiger partial charge in [-0.25, -0.2) is 4.98 Å². The Morgan fingerprint density at radius 2 is 2.15 bits per heavy atom. The lowest BCUT2D eigenvalue weighted by molar-refractivity contribution is -0.117. The van der Waals surface area contributed by atoms with E-state index in [2.05, 4.69) is 33.7 Å². The van der Waals surface area contributed by atoms with Gasteiger partial charge in [-0.2, -0.15) is 0 Å². The molecule has 0 spiro atoms. The summed E-state index contributed by atoms with van der Waals surface area (Å²) in [6, 6.07) is 8.24. The summed E-state index contributed by atoms with van der Waals surface area (Å²) in [5.41, 5.74) is 11.0. The number of nitrogens with zero attached hydrogens (tertiary/aromatic N) is 2. The van der Waals surface area contributed by atoms with E-state index in [1.54, 1.807) is 11.3 Å². The van der Waals surface area contributed by atoms with E-state index in [1.807, 2.05) is 23.7 Å². The highest BCUT2D eigenvalue weighted by atomic mass is 35.5. The normalized spacial score (nSPS) is 18.6. The zero-order valence-corrected chi connectivity index (χ0v) is 17.9. The Labute approximate surface area is 177 Å². The minimum absolute atomic E-state index is 0. The zero-order valence-electron chi connectivity index (χ0n) is 15.5. The van der Waals surface area contributed by atoms with Gasteiger partial charge in [-0.3, -0.25) is 9.69 Å². The molecule has 150 valence electrons. The molecule has 0 saturated heterocycles. The summed E-state index contributed by atoms with van der Waals surface area (Å²) in [5.74, 6) is 0.391. The summed E-state index contributed by atoms with van der Waals surface area (Å²) in [6.07, 6.45) is 3.77. The Morgan fingerprint density at radius 1 is 1.33 bits per heavy atom. The van der Waals surface area contributed by atoms with Crippen LogP contribution in [0.15, 0.2) is 35.2 Å². The number of thiazole rings is 1. The number of nitrogens with one attached hydrogen (secondary N) is 1. The van der Waals surface area contributed by atoms with Crippen molar-refractivity contribution in [3.05, 3.63) is 46.4 Å². The number of hydrogen-bond acceptors (Lipinski definition) is 5. The number of benzene rings is 1. The number of halogens is 2. The van der Waals surface area contributed by atoms with Crippen LogP contribution >= 0.6 is 36.2 Å². The number of hydrogen-bond donors (Lipinski definition) is 2. The quantitative estimate of drug-likeness (QED) is 0.693. The van der Waals surface area contributed by atoms with Crippen molar-refractivity contribution in [2.24, 2.45) is 11.7 Å². The van der Waals surface area contributed by atoms with Crippen molar-refractivity contribution in [3.63, 3.8) is 0 Å². The third-order valence-electron chi connectivity index (χ3n) is 4.74. The smallest absolute Gasteiger partial charge is 0.224 e. The molecule has 1 amide bonds. The molecule has 1 fully saturated rings. The average molecular weight is 431 g/mol. The molecule has 0 radical (unpaired) electrons. The van der Waals surface area contributed by atoms with Crippen LogP contribution in [0.3, 0.4) is 0 Å². The predicted octanol–water partition coefficient (Wildman–Crippen LogP) is 4.07. The van der Waals surface area contributed by atoms with Gasteiger partial charge in [0.1, 0.15) is 0 Å². The Morgan fingerprint density at radius 3 is 2.81 bits per heavy atom. The van der Waals surface area contributed by atoms with Gasteiger partial charge in [0, 0.05) is 36.6 Å². The molecule has 27 heavy (non-hydrogen) atoms. The summed E-state index contributed by atoms with van der Waals surface area (Å²) in [4.78, 5) is 18.8. The van der Waals surface area contributed by atoms with Gasteiger partial charge < -0.3 is 11.1 Å². The minimum atomic E-state index is 0. The Balaban J connectivity index is 0.00000182. The largest absolute Gasteiger partial charge is 0.327 e. The maximum Gasteiger partial charge on any atom is 0.224 e. The number of rotatable bonds is 7. The van der Waals surface area contributed by atoms with Crippen molar-refractivity contribution in [1.29, 1.82) is 0 Å². The first-order valence-corrected chi connectivity index (χ1v) is 9.74. The van der Waals surface area contributed by atoms with E-state index >= 15 is 0 Å². The first-order chi connectivity index (χ1) is 12.1. The van der Waals surface area contributed by atoms with Crippen LogP contribution in [0.1, 0.15) is 36.9 Å². The maximum absolute atomic E-state index is 12.3. The molecule has 3 rings (SSSR count). The van der Waals surface area contributed by atoms with E-state index < -0.39 is 0 Å². The third-order valence-corrected chi connectivity index (χ3v) is 5.38. The number of aromatic nitrogens is 1. The molecule has 0 unspecified atom stereocenters. The molecule has 1 aliphatic carbocycles. The summed E-state index contributed by atoms with van der Waals surface area (Å²) in [6.45, 7) is 1.63. The van der Waals surface area contributed by atoms with Gasteiger partial charge in [-0.1, -0.05) is 18.6 Å². The topological polar surface area (TPSA) is 71.2 Å². The van der Waals surface area contributed by atoms with Gasteiger partial charge in [-0.15, -0.1) is 36.2 Å². The maximum atomic E-state index is 12.3. The van der Waals surface area contributed by atoms with Crippen LogP contribution in [-0.2, 0) is 17.9 Å². The number of amides is 1. The second-order valence-corrected chi connectivity index (χ2v) is 7.68. The molecular weight excluding hydrogens is 403 g/mol. The van der Waals surface area contributed by atoms with Gasteiger partial charge >= 0.3 is 0 Å². The molecule has 1 heterocycles. The van der Waals surface area contributed by atoms with Crippen molar-refractivity contribution >= 4 is 47.7 Å². The summed E-state index contributed by atoms with van der Waals surface area (Å²) >= 11 is 1.62. The second kappa shape index (κ2) is 11.6.